The molecule has 2 N–H and O–H groups in total. The summed E-state index contributed by atoms with van der Waals surface area (Å²) in [6.07, 6.45) is 4.75. The van der Waals surface area contributed by atoms with Crippen molar-refractivity contribution in [2.45, 2.75) is 19.4 Å². The lowest BCUT2D eigenvalue weighted by atomic mass is 10.1. The summed E-state index contributed by atoms with van der Waals surface area (Å²) >= 11 is 0. The molecular weight excluding hydrogens is 484 g/mol. The molecule has 0 fully saturated rings. The van der Waals surface area contributed by atoms with Crippen LogP contribution in [0.5, 0.6) is 11.5 Å². The van der Waals surface area contributed by atoms with Gasteiger partial charge in [-0.25, -0.2) is 8.42 Å². The molecule has 10 nitrogen and oxygen atoms in total. The number of benzene rings is 2. The topological polar surface area (TPSA) is 127 Å². The number of para-hydroxylation sites is 1. The average Bonchev–Trinajstić information content (AvgIpc) is 3.33. The van der Waals surface area contributed by atoms with Crippen molar-refractivity contribution >= 4 is 33.2 Å². The van der Waals surface area contributed by atoms with Crippen molar-refractivity contribution in [1.82, 2.24) is 10.3 Å². The number of nitrogens with zero attached hydrogens (tertiary/aromatic N) is 2. The summed E-state index contributed by atoms with van der Waals surface area (Å²) in [5.74, 6) is 0.356. The quantitative estimate of drug-likeness (QED) is 0.429. The molecule has 0 bridgehead atoms. The first kappa shape index (κ1) is 25.0. The van der Waals surface area contributed by atoms with E-state index in [1.807, 2.05) is 6.07 Å². The number of ether oxygens (including phenoxy) is 2. The number of hydrogen-bond donors (Lipinski definition) is 2. The number of carbonyl (C=O) groups excluding carboxylic acids is 2. The largest absolute Gasteiger partial charge is 0.454 e. The zero-order valence-corrected chi connectivity index (χ0v) is 20.5. The molecule has 36 heavy (non-hydrogen) atoms. The maximum absolute atomic E-state index is 12.7. The number of pyridine rings is 1. The number of sulfonamides is 1. The Morgan fingerprint density at radius 1 is 1.06 bits per heavy atom. The first-order valence-electron chi connectivity index (χ1n) is 11.2. The average molecular weight is 511 g/mol. The second-order valence-corrected chi connectivity index (χ2v) is 10.0. The van der Waals surface area contributed by atoms with Crippen molar-refractivity contribution in [3.63, 3.8) is 0 Å². The molecule has 1 aliphatic heterocycles. The zero-order chi connectivity index (χ0) is 25.5. The van der Waals surface area contributed by atoms with Crippen LogP contribution in [-0.2, 0) is 21.4 Å². The SMILES string of the molecule is CS(=O)(=O)N(CCCC(=O)Nc1ccccc1C(=O)NCc1cccnc1)c1ccc2c(c1)OCO2. The van der Waals surface area contributed by atoms with Crippen LogP contribution in [0.1, 0.15) is 28.8 Å². The van der Waals surface area contributed by atoms with Crippen LogP contribution in [0.2, 0.25) is 0 Å². The maximum Gasteiger partial charge on any atom is 0.253 e. The fourth-order valence-electron chi connectivity index (χ4n) is 3.69. The second kappa shape index (κ2) is 11.1. The Hall–Kier alpha value is -4.12. The van der Waals surface area contributed by atoms with Crippen molar-refractivity contribution in [1.29, 1.82) is 0 Å². The molecule has 0 atom stereocenters. The number of amides is 2. The normalized spacial score (nSPS) is 12.1. The standard InChI is InChI=1S/C25H26N4O6S/c1-36(32,33)29(19-10-11-22-23(14-19)35-17-34-22)13-5-9-24(30)28-21-8-3-2-7-20(21)25(31)27-16-18-6-4-12-26-15-18/h2-4,6-8,10-12,14-15H,5,9,13,16-17H2,1H3,(H,27,31)(H,28,30). The minimum Gasteiger partial charge on any atom is -0.454 e. The van der Waals surface area contributed by atoms with Gasteiger partial charge in [0.15, 0.2) is 11.5 Å². The van der Waals surface area contributed by atoms with Crippen LogP contribution in [0.15, 0.2) is 67.0 Å². The summed E-state index contributed by atoms with van der Waals surface area (Å²) in [6.45, 7) is 0.482. The van der Waals surface area contributed by atoms with E-state index in [4.69, 9.17) is 9.47 Å². The predicted octanol–water partition coefficient (Wildman–Crippen LogP) is 2.93. The fraction of sp³-hybridized carbons (Fsp3) is 0.240. The molecule has 0 aliphatic carbocycles. The van der Waals surface area contributed by atoms with Gasteiger partial charge in [0.05, 0.1) is 23.2 Å². The van der Waals surface area contributed by atoms with E-state index in [1.54, 1.807) is 60.9 Å². The summed E-state index contributed by atoms with van der Waals surface area (Å²) < 4.78 is 36.6. The molecule has 0 spiro atoms. The summed E-state index contributed by atoms with van der Waals surface area (Å²) in [4.78, 5) is 29.3. The van der Waals surface area contributed by atoms with Crippen LogP contribution in [-0.4, -0.2) is 44.8 Å². The number of hydrogen-bond acceptors (Lipinski definition) is 7. The molecule has 4 rings (SSSR count). The van der Waals surface area contributed by atoms with Crippen LogP contribution in [0.3, 0.4) is 0 Å². The highest BCUT2D eigenvalue weighted by Crippen LogP contribution is 2.36. The third-order valence-corrected chi connectivity index (χ3v) is 6.63. The first-order valence-corrected chi connectivity index (χ1v) is 13.1. The van der Waals surface area contributed by atoms with Crippen LogP contribution >= 0.6 is 0 Å². The number of fused-ring (bicyclic) bond motifs is 1. The molecule has 1 aliphatic rings. The van der Waals surface area contributed by atoms with E-state index in [0.29, 0.717) is 35.0 Å². The molecule has 0 radical (unpaired) electrons. The van der Waals surface area contributed by atoms with E-state index in [-0.39, 0.29) is 38.0 Å². The highest BCUT2D eigenvalue weighted by Gasteiger charge is 2.22. The van der Waals surface area contributed by atoms with E-state index in [1.165, 1.54) is 4.31 Å². The van der Waals surface area contributed by atoms with Crippen LogP contribution in [0, 0.1) is 0 Å². The number of rotatable bonds is 10. The smallest absolute Gasteiger partial charge is 0.253 e. The Morgan fingerprint density at radius 2 is 1.86 bits per heavy atom. The van der Waals surface area contributed by atoms with Gasteiger partial charge in [0.2, 0.25) is 22.7 Å². The minimum absolute atomic E-state index is 0.0577. The van der Waals surface area contributed by atoms with Crippen molar-refractivity contribution in [3.8, 4) is 11.5 Å². The number of carbonyl (C=O) groups is 2. The third kappa shape index (κ3) is 6.30. The van der Waals surface area contributed by atoms with E-state index in [0.717, 1.165) is 11.8 Å². The van der Waals surface area contributed by atoms with E-state index >= 15 is 0 Å². The predicted molar refractivity (Wildman–Crippen MR) is 134 cm³/mol. The monoisotopic (exact) mass is 510 g/mol. The maximum atomic E-state index is 12.7. The number of anilines is 2. The van der Waals surface area contributed by atoms with Gasteiger partial charge in [-0.2, -0.15) is 0 Å². The Labute approximate surface area is 209 Å². The van der Waals surface area contributed by atoms with Gasteiger partial charge in [-0.3, -0.25) is 18.9 Å². The molecule has 2 heterocycles. The molecule has 1 aromatic heterocycles. The van der Waals surface area contributed by atoms with Gasteiger partial charge in [-0.15, -0.1) is 0 Å². The van der Waals surface area contributed by atoms with Gasteiger partial charge in [0, 0.05) is 38.0 Å². The summed E-state index contributed by atoms with van der Waals surface area (Å²) in [6, 6.07) is 15.2. The molecular formula is C25H26N4O6S. The Bertz CT molecular complexity index is 1350. The van der Waals surface area contributed by atoms with E-state index in [2.05, 4.69) is 15.6 Å². The minimum atomic E-state index is -3.59. The summed E-state index contributed by atoms with van der Waals surface area (Å²) in [5.41, 5.74) is 1.98. The highest BCUT2D eigenvalue weighted by atomic mass is 32.2. The lowest BCUT2D eigenvalue weighted by Crippen LogP contribution is -2.31. The lowest BCUT2D eigenvalue weighted by Gasteiger charge is -2.22. The van der Waals surface area contributed by atoms with Gasteiger partial charge < -0.3 is 20.1 Å². The van der Waals surface area contributed by atoms with E-state index < -0.39 is 10.0 Å². The molecule has 0 saturated heterocycles. The van der Waals surface area contributed by atoms with Gasteiger partial charge in [-0.05, 0) is 42.3 Å². The molecule has 0 saturated carbocycles. The summed E-state index contributed by atoms with van der Waals surface area (Å²) in [7, 11) is -3.59. The van der Waals surface area contributed by atoms with Crippen molar-refractivity contribution < 1.29 is 27.5 Å². The first-order chi connectivity index (χ1) is 17.3. The highest BCUT2D eigenvalue weighted by molar-refractivity contribution is 7.92. The second-order valence-electron chi connectivity index (χ2n) is 8.11. The Kier molecular flexibility index (Phi) is 7.69. The van der Waals surface area contributed by atoms with Gasteiger partial charge in [-0.1, -0.05) is 18.2 Å². The van der Waals surface area contributed by atoms with Gasteiger partial charge in [0.1, 0.15) is 0 Å². The Balaban J connectivity index is 1.35. The Morgan fingerprint density at radius 3 is 2.64 bits per heavy atom. The molecule has 2 amide bonds. The van der Waals surface area contributed by atoms with E-state index in [9.17, 15) is 18.0 Å². The van der Waals surface area contributed by atoms with Crippen LogP contribution in [0.25, 0.3) is 0 Å². The van der Waals surface area contributed by atoms with Crippen molar-refractivity contribution in [2.24, 2.45) is 0 Å². The van der Waals surface area contributed by atoms with Crippen molar-refractivity contribution in [2.75, 3.05) is 29.2 Å². The van der Waals surface area contributed by atoms with Crippen LogP contribution in [0.4, 0.5) is 11.4 Å². The summed E-state index contributed by atoms with van der Waals surface area (Å²) in [5, 5.41) is 5.58. The molecule has 188 valence electrons. The molecule has 11 heteroatoms. The number of nitrogens with one attached hydrogen (secondary N) is 2. The number of aromatic nitrogens is 1. The third-order valence-electron chi connectivity index (χ3n) is 5.43. The molecule has 2 aromatic carbocycles. The van der Waals surface area contributed by atoms with Crippen LogP contribution < -0.4 is 24.4 Å². The van der Waals surface area contributed by atoms with Crippen molar-refractivity contribution in [3.05, 3.63) is 78.1 Å². The lowest BCUT2D eigenvalue weighted by molar-refractivity contribution is -0.116. The molecule has 3 aromatic rings. The fourth-order valence-corrected chi connectivity index (χ4v) is 4.65. The van der Waals surface area contributed by atoms with Gasteiger partial charge >= 0.3 is 0 Å². The molecule has 0 unspecified atom stereocenters. The van der Waals surface area contributed by atoms with Gasteiger partial charge in [0.25, 0.3) is 5.91 Å². The zero-order valence-electron chi connectivity index (χ0n) is 19.6.